The van der Waals surface area contributed by atoms with Crippen molar-refractivity contribution < 1.29 is 19.0 Å². The fourth-order valence-electron chi connectivity index (χ4n) is 1.71. The number of nitrogens with zero attached hydrogens (tertiary/aromatic N) is 2. The van der Waals surface area contributed by atoms with Crippen molar-refractivity contribution in [3.63, 3.8) is 0 Å². The lowest BCUT2D eigenvalue weighted by Gasteiger charge is -2.10. The third kappa shape index (κ3) is 3.47. The minimum Gasteiger partial charge on any atom is -0.493 e. The van der Waals surface area contributed by atoms with E-state index in [9.17, 15) is 4.79 Å². The maximum Gasteiger partial charge on any atom is 0.358 e. The summed E-state index contributed by atoms with van der Waals surface area (Å²) in [6.07, 6.45) is 3.57. The molecule has 6 heteroatoms. The Kier molecular flexibility index (Phi) is 4.71. The molecule has 0 unspecified atom stereocenters. The maximum atomic E-state index is 11.3. The summed E-state index contributed by atoms with van der Waals surface area (Å²) in [7, 11) is 2.86. The van der Waals surface area contributed by atoms with Crippen molar-refractivity contribution in [2.45, 2.75) is 13.3 Å². The van der Waals surface area contributed by atoms with Gasteiger partial charge in [0, 0.05) is 0 Å². The first-order valence-corrected chi connectivity index (χ1v) is 6.43. The molecule has 0 amide bonds. The number of ether oxygens (including phenoxy) is 3. The van der Waals surface area contributed by atoms with Crippen LogP contribution in [0.4, 0.5) is 0 Å². The highest BCUT2D eigenvalue weighted by atomic mass is 16.5. The zero-order valence-electron chi connectivity index (χ0n) is 12.1. The largest absolute Gasteiger partial charge is 0.493 e. The number of benzene rings is 1. The molecule has 0 fully saturated rings. The summed E-state index contributed by atoms with van der Waals surface area (Å²) >= 11 is 0. The smallest absolute Gasteiger partial charge is 0.358 e. The van der Waals surface area contributed by atoms with E-state index in [1.165, 1.54) is 19.5 Å². The number of rotatable bonds is 5. The van der Waals surface area contributed by atoms with Crippen molar-refractivity contribution in [2.24, 2.45) is 0 Å². The molecule has 0 saturated carbocycles. The third-order valence-electron chi connectivity index (χ3n) is 2.87. The van der Waals surface area contributed by atoms with Crippen molar-refractivity contribution in [3.8, 4) is 17.4 Å². The molecule has 0 aliphatic rings. The van der Waals surface area contributed by atoms with Crippen LogP contribution in [-0.4, -0.2) is 30.2 Å². The Balaban J connectivity index is 2.20. The second-order valence-corrected chi connectivity index (χ2v) is 4.17. The molecule has 2 rings (SSSR count). The van der Waals surface area contributed by atoms with Crippen LogP contribution < -0.4 is 9.47 Å². The topological polar surface area (TPSA) is 70.5 Å². The van der Waals surface area contributed by atoms with E-state index in [-0.39, 0.29) is 11.6 Å². The Bertz CT molecular complexity index is 626. The lowest BCUT2D eigenvalue weighted by molar-refractivity contribution is 0.0593. The van der Waals surface area contributed by atoms with E-state index in [2.05, 4.69) is 21.6 Å². The van der Waals surface area contributed by atoms with Crippen molar-refractivity contribution in [2.75, 3.05) is 14.2 Å². The minimum absolute atomic E-state index is 0.123. The van der Waals surface area contributed by atoms with Crippen LogP contribution in [0.15, 0.2) is 30.6 Å². The maximum absolute atomic E-state index is 11.3. The molecule has 1 heterocycles. The molecule has 1 aromatic heterocycles. The van der Waals surface area contributed by atoms with E-state index in [0.29, 0.717) is 11.5 Å². The first kappa shape index (κ1) is 14.8. The number of aromatic nitrogens is 2. The first-order chi connectivity index (χ1) is 10.2. The zero-order valence-corrected chi connectivity index (χ0v) is 12.1. The zero-order chi connectivity index (χ0) is 15.2. The monoisotopic (exact) mass is 288 g/mol. The van der Waals surface area contributed by atoms with Crippen LogP contribution in [0, 0.1) is 0 Å². The molecule has 6 nitrogen and oxygen atoms in total. The normalized spacial score (nSPS) is 10.0. The number of hydrogen-bond donors (Lipinski definition) is 0. The molecule has 0 N–H and O–H groups in total. The van der Waals surface area contributed by atoms with Gasteiger partial charge in [0.1, 0.15) is 0 Å². The SMILES string of the molecule is CCc1ccc(Oc2cnc(C(=O)OC)cn2)c(OC)c1. The van der Waals surface area contributed by atoms with Crippen LogP contribution in [-0.2, 0) is 11.2 Å². The van der Waals surface area contributed by atoms with Crippen LogP contribution >= 0.6 is 0 Å². The molecule has 0 atom stereocenters. The van der Waals surface area contributed by atoms with E-state index < -0.39 is 5.97 Å². The van der Waals surface area contributed by atoms with E-state index >= 15 is 0 Å². The van der Waals surface area contributed by atoms with Crippen molar-refractivity contribution in [1.29, 1.82) is 0 Å². The molecule has 2 aromatic rings. The van der Waals surface area contributed by atoms with Gasteiger partial charge in [-0.15, -0.1) is 0 Å². The van der Waals surface area contributed by atoms with E-state index in [1.807, 2.05) is 18.2 Å². The molecule has 0 aliphatic carbocycles. The van der Waals surface area contributed by atoms with Gasteiger partial charge >= 0.3 is 5.97 Å². The fourth-order valence-corrected chi connectivity index (χ4v) is 1.71. The molecule has 0 radical (unpaired) electrons. The molecule has 110 valence electrons. The summed E-state index contributed by atoms with van der Waals surface area (Å²) < 4.78 is 15.5. The van der Waals surface area contributed by atoms with Crippen molar-refractivity contribution in [1.82, 2.24) is 9.97 Å². The van der Waals surface area contributed by atoms with Crippen LogP contribution in [0.3, 0.4) is 0 Å². The van der Waals surface area contributed by atoms with Crippen LogP contribution in [0.2, 0.25) is 0 Å². The Morgan fingerprint density at radius 3 is 2.52 bits per heavy atom. The molecule has 0 aliphatic heterocycles. The molecule has 21 heavy (non-hydrogen) atoms. The average molecular weight is 288 g/mol. The number of carbonyl (C=O) groups is 1. The van der Waals surface area contributed by atoms with Gasteiger partial charge < -0.3 is 14.2 Å². The Morgan fingerprint density at radius 1 is 1.14 bits per heavy atom. The number of aryl methyl sites for hydroxylation is 1. The van der Waals surface area contributed by atoms with Crippen molar-refractivity contribution in [3.05, 3.63) is 41.9 Å². The number of esters is 1. The van der Waals surface area contributed by atoms with Gasteiger partial charge in [-0.1, -0.05) is 13.0 Å². The lowest BCUT2D eigenvalue weighted by Crippen LogP contribution is -2.05. The van der Waals surface area contributed by atoms with Crippen LogP contribution in [0.5, 0.6) is 17.4 Å². The Hall–Kier alpha value is -2.63. The second kappa shape index (κ2) is 6.69. The summed E-state index contributed by atoms with van der Waals surface area (Å²) in [6.45, 7) is 2.06. The van der Waals surface area contributed by atoms with Gasteiger partial charge in [-0.3, -0.25) is 0 Å². The molecule has 0 saturated heterocycles. The van der Waals surface area contributed by atoms with Gasteiger partial charge in [0.25, 0.3) is 0 Å². The Labute approximate surface area is 122 Å². The third-order valence-corrected chi connectivity index (χ3v) is 2.87. The highest BCUT2D eigenvalue weighted by molar-refractivity contribution is 5.86. The number of hydrogen-bond acceptors (Lipinski definition) is 6. The van der Waals surface area contributed by atoms with Gasteiger partial charge in [0.2, 0.25) is 5.88 Å². The van der Waals surface area contributed by atoms with Gasteiger partial charge in [-0.05, 0) is 24.1 Å². The number of methoxy groups -OCH3 is 2. The predicted molar refractivity (Wildman–Crippen MR) is 75.8 cm³/mol. The van der Waals surface area contributed by atoms with E-state index in [4.69, 9.17) is 9.47 Å². The first-order valence-electron chi connectivity index (χ1n) is 6.43. The summed E-state index contributed by atoms with van der Waals surface area (Å²) in [6, 6.07) is 5.67. The van der Waals surface area contributed by atoms with Crippen molar-refractivity contribution >= 4 is 5.97 Å². The minimum atomic E-state index is -0.543. The molecular weight excluding hydrogens is 272 g/mol. The Morgan fingerprint density at radius 2 is 1.95 bits per heavy atom. The van der Waals surface area contributed by atoms with Crippen LogP contribution in [0.25, 0.3) is 0 Å². The summed E-state index contributed by atoms with van der Waals surface area (Å²) in [5.74, 6) is 0.882. The molecular formula is C15H16N2O4. The number of carbonyl (C=O) groups excluding carboxylic acids is 1. The van der Waals surface area contributed by atoms with Gasteiger partial charge in [0.15, 0.2) is 17.2 Å². The quantitative estimate of drug-likeness (QED) is 0.788. The summed E-state index contributed by atoms with van der Waals surface area (Å²) in [5.41, 5.74) is 1.27. The van der Waals surface area contributed by atoms with Gasteiger partial charge in [-0.25, -0.2) is 14.8 Å². The summed E-state index contributed by atoms with van der Waals surface area (Å²) in [4.78, 5) is 19.2. The standard InChI is InChI=1S/C15H16N2O4/c1-4-10-5-6-12(13(7-10)19-2)21-14-9-16-11(8-17-14)15(18)20-3/h5-9H,4H2,1-3H3. The second-order valence-electron chi connectivity index (χ2n) is 4.17. The fraction of sp³-hybridized carbons (Fsp3) is 0.267. The molecule has 0 spiro atoms. The van der Waals surface area contributed by atoms with Gasteiger partial charge in [0.05, 0.1) is 26.6 Å². The van der Waals surface area contributed by atoms with E-state index in [1.54, 1.807) is 7.11 Å². The predicted octanol–water partition coefficient (Wildman–Crippen LogP) is 2.63. The molecule has 0 bridgehead atoms. The molecule has 1 aromatic carbocycles. The average Bonchev–Trinajstić information content (AvgIpc) is 2.55. The highest BCUT2D eigenvalue weighted by Gasteiger charge is 2.10. The van der Waals surface area contributed by atoms with Gasteiger partial charge in [-0.2, -0.15) is 0 Å². The van der Waals surface area contributed by atoms with E-state index in [0.717, 1.165) is 12.0 Å². The highest BCUT2D eigenvalue weighted by Crippen LogP contribution is 2.31. The summed E-state index contributed by atoms with van der Waals surface area (Å²) in [5, 5.41) is 0. The lowest BCUT2D eigenvalue weighted by atomic mass is 10.1. The van der Waals surface area contributed by atoms with Crippen LogP contribution in [0.1, 0.15) is 23.0 Å².